The van der Waals surface area contributed by atoms with E-state index in [0.717, 1.165) is 5.56 Å². The van der Waals surface area contributed by atoms with E-state index < -0.39 is 30.0 Å². The van der Waals surface area contributed by atoms with Gasteiger partial charge >= 0.3 is 5.97 Å². The molecule has 3 atom stereocenters. The maximum atomic E-state index is 13.4. The maximum Gasteiger partial charge on any atom is 0.329 e. The van der Waals surface area contributed by atoms with Gasteiger partial charge in [0.1, 0.15) is 30.4 Å². The molecule has 2 saturated heterocycles. The summed E-state index contributed by atoms with van der Waals surface area (Å²) < 4.78 is 5.49. The number of pyridine rings is 1. The van der Waals surface area contributed by atoms with Gasteiger partial charge in [-0.2, -0.15) is 0 Å². The van der Waals surface area contributed by atoms with Crippen LogP contribution >= 0.6 is 0 Å². The summed E-state index contributed by atoms with van der Waals surface area (Å²) in [5.74, 6) is -1.44. The van der Waals surface area contributed by atoms with E-state index in [9.17, 15) is 19.2 Å². The number of hydrogen-bond donors (Lipinski definition) is 1. The van der Waals surface area contributed by atoms with Crippen LogP contribution in [-0.4, -0.2) is 69.7 Å². The van der Waals surface area contributed by atoms with Crippen molar-refractivity contribution >= 4 is 23.7 Å². The van der Waals surface area contributed by atoms with Crippen LogP contribution in [0.4, 0.5) is 0 Å². The van der Waals surface area contributed by atoms with E-state index in [1.54, 1.807) is 30.0 Å². The van der Waals surface area contributed by atoms with E-state index >= 15 is 0 Å². The van der Waals surface area contributed by atoms with Crippen LogP contribution in [0.25, 0.3) is 0 Å². The fourth-order valence-corrected chi connectivity index (χ4v) is 4.66. The summed E-state index contributed by atoms with van der Waals surface area (Å²) in [7, 11) is 0. The van der Waals surface area contributed by atoms with Crippen LogP contribution in [0.1, 0.15) is 48.7 Å². The van der Waals surface area contributed by atoms with Gasteiger partial charge in [-0.3, -0.25) is 19.4 Å². The van der Waals surface area contributed by atoms with Gasteiger partial charge < -0.3 is 19.9 Å². The van der Waals surface area contributed by atoms with Crippen LogP contribution in [0, 0.1) is 0 Å². The van der Waals surface area contributed by atoms with Crippen molar-refractivity contribution in [2.75, 3.05) is 13.1 Å². The SMILES string of the molecule is C[C@H](NC(=O)c1ccccn1)C(=O)N1CCC[C@H]1C(=O)N1CCC[C@H]1C(=O)OCc1ccccc1. The second-order valence-electron chi connectivity index (χ2n) is 8.88. The van der Waals surface area contributed by atoms with Crippen molar-refractivity contribution in [1.82, 2.24) is 20.1 Å². The molecule has 0 radical (unpaired) electrons. The third-order valence-corrected chi connectivity index (χ3v) is 6.47. The Morgan fingerprint density at radius 1 is 0.971 bits per heavy atom. The van der Waals surface area contributed by atoms with Crippen LogP contribution in [0.2, 0.25) is 0 Å². The Balaban J connectivity index is 1.37. The molecule has 3 heterocycles. The molecule has 0 saturated carbocycles. The minimum absolute atomic E-state index is 0.153. The summed E-state index contributed by atoms with van der Waals surface area (Å²) in [4.78, 5) is 58.9. The van der Waals surface area contributed by atoms with Gasteiger partial charge in [0.2, 0.25) is 11.8 Å². The fraction of sp³-hybridized carbons (Fsp3) is 0.423. The predicted molar refractivity (Wildman–Crippen MR) is 127 cm³/mol. The molecule has 1 aromatic carbocycles. The quantitative estimate of drug-likeness (QED) is 0.609. The molecule has 2 fully saturated rings. The highest BCUT2D eigenvalue weighted by atomic mass is 16.5. The number of ether oxygens (including phenoxy) is 1. The molecule has 2 aliphatic heterocycles. The number of benzene rings is 1. The number of esters is 1. The highest BCUT2D eigenvalue weighted by Gasteiger charge is 2.43. The molecule has 3 amide bonds. The molecule has 0 unspecified atom stereocenters. The smallest absolute Gasteiger partial charge is 0.329 e. The van der Waals surface area contributed by atoms with E-state index in [4.69, 9.17) is 4.74 Å². The van der Waals surface area contributed by atoms with Gasteiger partial charge in [0.15, 0.2) is 0 Å². The highest BCUT2D eigenvalue weighted by molar-refractivity contribution is 5.97. The number of carbonyl (C=O) groups excluding carboxylic acids is 4. The van der Waals surface area contributed by atoms with E-state index in [1.807, 2.05) is 30.3 Å². The van der Waals surface area contributed by atoms with Gasteiger partial charge in [0.25, 0.3) is 5.91 Å². The average Bonchev–Trinajstić information content (AvgIpc) is 3.58. The van der Waals surface area contributed by atoms with Crippen LogP contribution in [0.5, 0.6) is 0 Å². The molecule has 1 N–H and O–H groups in total. The molecule has 2 aromatic rings. The number of carbonyl (C=O) groups is 4. The Kier molecular flexibility index (Phi) is 7.74. The lowest BCUT2D eigenvalue weighted by Crippen LogP contribution is -2.54. The first kappa shape index (κ1) is 24.4. The van der Waals surface area contributed by atoms with E-state index in [2.05, 4.69) is 10.3 Å². The number of aromatic nitrogens is 1. The second kappa shape index (κ2) is 11.1. The maximum absolute atomic E-state index is 13.4. The Bertz CT molecular complexity index is 1060. The first-order chi connectivity index (χ1) is 17.0. The monoisotopic (exact) mass is 478 g/mol. The number of amides is 3. The number of nitrogens with one attached hydrogen (secondary N) is 1. The largest absolute Gasteiger partial charge is 0.459 e. The molecular formula is C26H30N4O5. The van der Waals surface area contributed by atoms with Gasteiger partial charge in [0.05, 0.1) is 0 Å². The lowest BCUT2D eigenvalue weighted by molar-refractivity contribution is -0.156. The van der Waals surface area contributed by atoms with Crippen molar-refractivity contribution < 1.29 is 23.9 Å². The summed E-state index contributed by atoms with van der Waals surface area (Å²) in [6, 6.07) is 12.2. The topological polar surface area (TPSA) is 109 Å². The van der Waals surface area contributed by atoms with E-state index in [-0.39, 0.29) is 24.1 Å². The second-order valence-corrected chi connectivity index (χ2v) is 8.88. The zero-order chi connectivity index (χ0) is 24.8. The third-order valence-electron chi connectivity index (χ3n) is 6.47. The van der Waals surface area contributed by atoms with Crippen molar-refractivity contribution in [3.63, 3.8) is 0 Å². The summed E-state index contributed by atoms with van der Waals surface area (Å²) in [6.45, 7) is 2.63. The van der Waals surface area contributed by atoms with Crippen LogP contribution < -0.4 is 5.32 Å². The zero-order valence-electron chi connectivity index (χ0n) is 19.8. The fourth-order valence-electron chi connectivity index (χ4n) is 4.66. The van der Waals surface area contributed by atoms with Crippen LogP contribution in [-0.2, 0) is 25.7 Å². The Labute approximate surface area is 204 Å². The van der Waals surface area contributed by atoms with Gasteiger partial charge in [-0.1, -0.05) is 36.4 Å². The number of rotatable bonds is 7. The van der Waals surface area contributed by atoms with Crippen molar-refractivity contribution in [2.24, 2.45) is 0 Å². The van der Waals surface area contributed by atoms with Gasteiger partial charge in [-0.15, -0.1) is 0 Å². The average molecular weight is 479 g/mol. The molecule has 9 heteroatoms. The van der Waals surface area contributed by atoms with Crippen molar-refractivity contribution in [2.45, 2.75) is 57.3 Å². The normalized spacial score (nSPS) is 20.4. The predicted octanol–water partition coefficient (Wildman–Crippen LogP) is 1.93. The van der Waals surface area contributed by atoms with E-state index in [0.29, 0.717) is 38.8 Å². The molecular weight excluding hydrogens is 448 g/mol. The number of hydrogen-bond acceptors (Lipinski definition) is 6. The molecule has 1 aromatic heterocycles. The number of nitrogens with zero attached hydrogens (tertiary/aromatic N) is 3. The molecule has 4 rings (SSSR count). The van der Waals surface area contributed by atoms with Crippen molar-refractivity contribution in [3.05, 3.63) is 66.0 Å². The first-order valence-corrected chi connectivity index (χ1v) is 12.0. The van der Waals surface area contributed by atoms with Gasteiger partial charge in [-0.25, -0.2) is 4.79 Å². The first-order valence-electron chi connectivity index (χ1n) is 12.0. The third kappa shape index (κ3) is 5.67. The standard InChI is InChI=1S/C26H30N4O5/c1-18(28-23(31)20-11-5-6-14-27-20)24(32)29-15-7-12-21(29)25(33)30-16-8-13-22(30)26(34)35-17-19-9-3-2-4-10-19/h2-6,9-11,14,18,21-22H,7-8,12-13,15-17H2,1H3,(H,28,31)/t18-,21-,22-/m0/s1. The minimum atomic E-state index is -0.817. The van der Waals surface area contributed by atoms with Gasteiger partial charge in [0, 0.05) is 19.3 Å². The van der Waals surface area contributed by atoms with Gasteiger partial charge in [-0.05, 0) is 50.3 Å². The summed E-state index contributed by atoms with van der Waals surface area (Å²) in [6.07, 6.45) is 3.95. The van der Waals surface area contributed by atoms with Crippen molar-refractivity contribution in [1.29, 1.82) is 0 Å². The summed E-state index contributed by atoms with van der Waals surface area (Å²) in [5, 5.41) is 2.67. The summed E-state index contributed by atoms with van der Waals surface area (Å²) in [5.41, 5.74) is 1.10. The minimum Gasteiger partial charge on any atom is -0.459 e. The molecule has 184 valence electrons. The molecule has 0 spiro atoms. The molecule has 35 heavy (non-hydrogen) atoms. The molecule has 0 aliphatic carbocycles. The molecule has 0 bridgehead atoms. The van der Waals surface area contributed by atoms with Crippen LogP contribution in [0.15, 0.2) is 54.7 Å². The summed E-state index contributed by atoms with van der Waals surface area (Å²) >= 11 is 0. The number of likely N-dealkylation sites (tertiary alicyclic amines) is 2. The highest BCUT2D eigenvalue weighted by Crippen LogP contribution is 2.26. The lowest BCUT2D eigenvalue weighted by atomic mass is 10.1. The van der Waals surface area contributed by atoms with Crippen LogP contribution in [0.3, 0.4) is 0 Å². The Hall–Kier alpha value is -3.75. The molecule has 2 aliphatic rings. The molecule has 9 nitrogen and oxygen atoms in total. The Morgan fingerprint density at radius 3 is 2.37 bits per heavy atom. The van der Waals surface area contributed by atoms with Crippen molar-refractivity contribution in [3.8, 4) is 0 Å². The lowest BCUT2D eigenvalue weighted by Gasteiger charge is -2.32. The van der Waals surface area contributed by atoms with E-state index in [1.165, 1.54) is 11.1 Å². The Morgan fingerprint density at radius 2 is 1.66 bits per heavy atom. The zero-order valence-corrected chi connectivity index (χ0v) is 19.8.